The van der Waals surface area contributed by atoms with E-state index in [1.165, 1.54) is 0 Å². The molecule has 2 amide bonds. The maximum Gasteiger partial charge on any atom is 0.262 e. The van der Waals surface area contributed by atoms with Crippen LogP contribution in [-0.2, 0) is 4.79 Å². The highest BCUT2D eigenvalue weighted by Gasteiger charge is 2.19. The molecule has 2 aromatic carbocycles. The molecule has 3 rings (SSSR count). The number of fused-ring (bicyclic) bond motifs is 1. The van der Waals surface area contributed by atoms with Crippen molar-refractivity contribution in [3.8, 4) is 5.75 Å². The van der Waals surface area contributed by atoms with Gasteiger partial charge >= 0.3 is 0 Å². The van der Waals surface area contributed by atoms with Gasteiger partial charge in [-0.25, -0.2) is 0 Å². The van der Waals surface area contributed by atoms with Gasteiger partial charge in [0, 0.05) is 10.6 Å². The lowest BCUT2D eigenvalue weighted by Crippen LogP contribution is -2.28. The highest BCUT2D eigenvalue weighted by atomic mass is 35.5. The lowest BCUT2D eigenvalue weighted by Gasteiger charge is -2.19. The van der Waals surface area contributed by atoms with Crippen LogP contribution in [0.2, 0.25) is 5.02 Å². The van der Waals surface area contributed by atoms with E-state index in [1.54, 1.807) is 24.3 Å². The Kier molecular flexibility index (Phi) is 4.21. The van der Waals surface area contributed by atoms with Crippen LogP contribution in [0.3, 0.4) is 0 Å². The van der Waals surface area contributed by atoms with Crippen LogP contribution in [0.4, 0.5) is 5.69 Å². The molecule has 0 fully saturated rings. The minimum Gasteiger partial charge on any atom is -0.482 e. The standard InChI is InChI=1S/C17H15ClN2O3/c1-10(12-4-2-3-5-13(12)18)19-17(22)11-6-7-14-15(8-11)23-9-16(21)20-14/h2-8,10H,9H2,1H3,(H,19,22)(H,20,21). The average molecular weight is 331 g/mol. The Hall–Kier alpha value is -2.53. The van der Waals surface area contributed by atoms with Crippen molar-refractivity contribution < 1.29 is 14.3 Å². The third kappa shape index (κ3) is 3.29. The molecule has 0 saturated heterocycles. The predicted octanol–water partition coefficient (Wildman–Crippen LogP) is 3.16. The maximum absolute atomic E-state index is 12.4. The molecule has 1 heterocycles. The second-order valence-corrected chi connectivity index (χ2v) is 5.67. The number of amides is 2. The first-order chi connectivity index (χ1) is 11.0. The number of carbonyl (C=O) groups is 2. The van der Waals surface area contributed by atoms with E-state index in [4.69, 9.17) is 16.3 Å². The Balaban J connectivity index is 1.76. The Labute approximate surface area is 138 Å². The number of rotatable bonds is 3. The number of anilines is 1. The van der Waals surface area contributed by atoms with Crippen LogP contribution in [-0.4, -0.2) is 18.4 Å². The van der Waals surface area contributed by atoms with Crippen molar-refractivity contribution in [2.75, 3.05) is 11.9 Å². The van der Waals surface area contributed by atoms with Gasteiger partial charge in [-0.15, -0.1) is 0 Å². The number of hydrogen-bond acceptors (Lipinski definition) is 3. The number of benzene rings is 2. The van der Waals surface area contributed by atoms with Gasteiger partial charge in [-0.05, 0) is 36.8 Å². The first-order valence-corrected chi connectivity index (χ1v) is 7.54. The summed E-state index contributed by atoms with van der Waals surface area (Å²) in [5.74, 6) is 0.0467. The van der Waals surface area contributed by atoms with Crippen molar-refractivity contribution in [1.29, 1.82) is 0 Å². The van der Waals surface area contributed by atoms with E-state index in [-0.39, 0.29) is 24.5 Å². The molecule has 1 aliphatic heterocycles. The normalized spacial score (nSPS) is 14.3. The van der Waals surface area contributed by atoms with Crippen LogP contribution < -0.4 is 15.4 Å². The van der Waals surface area contributed by atoms with Crippen LogP contribution in [0, 0.1) is 0 Å². The molecule has 118 valence electrons. The fourth-order valence-electron chi connectivity index (χ4n) is 2.40. The quantitative estimate of drug-likeness (QED) is 0.908. The molecule has 1 aliphatic rings. The summed E-state index contributed by atoms with van der Waals surface area (Å²) in [7, 11) is 0. The Bertz CT molecular complexity index is 776. The van der Waals surface area contributed by atoms with Crippen LogP contribution >= 0.6 is 11.6 Å². The maximum atomic E-state index is 12.4. The Morgan fingerprint density at radius 3 is 2.87 bits per heavy atom. The summed E-state index contributed by atoms with van der Waals surface area (Å²) in [6.45, 7) is 1.82. The summed E-state index contributed by atoms with van der Waals surface area (Å²) >= 11 is 6.15. The zero-order chi connectivity index (χ0) is 16.4. The summed E-state index contributed by atoms with van der Waals surface area (Å²) in [5, 5.41) is 6.20. The van der Waals surface area contributed by atoms with Gasteiger partial charge in [0.1, 0.15) is 5.75 Å². The van der Waals surface area contributed by atoms with Crippen molar-refractivity contribution in [2.45, 2.75) is 13.0 Å². The van der Waals surface area contributed by atoms with Crippen LogP contribution in [0.25, 0.3) is 0 Å². The van der Waals surface area contributed by atoms with Gasteiger partial charge in [0.25, 0.3) is 11.8 Å². The molecule has 0 aliphatic carbocycles. The van der Waals surface area contributed by atoms with Gasteiger partial charge in [-0.3, -0.25) is 9.59 Å². The zero-order valence-corrected chi connectivity index (χ0v) is 13.2. The second kappa shape index (κ2) is 6.30. The Morgan fingerprint density at radius 2 is 2.09 bits per heavy atom. The van der Waals surface area contributed by atoms with E-state index >= 15 is 0 Å². The molecule has 2 aromatic rings. The minimum atomic E-state index is -0.235. The fourth-order valence-corrected chi connectivity index (χ4v) is 2.70. The molecule has 1 atom stereocenters. The van der Waals surface area contributed by atoms with Crippen molar-refractivity contribution in [2.24, 2.45) is 0 Å². The molecular weight excluding hydrogens is 316 g/mol. The number of hydrogen-bond donors (Lipinski definition) is 2. The second-order valence-electron chi connectivity index (χ2n) is 5.26. The van der Waals surface area contributed by atoms with Gasteiger partial charge in [-0.1, -0.05) is 29.8 Å². The van der Waals surface area contributed by atoms with E-state index < -0.39 is 0 Å². The lowest BCUT2D eigenvalue weighted by molar-refractivity contribution is -0.118. The summed E-state index contributed by atoms with van der Waals surface area (Å²) < 4.78 is 5.32. The average Bonchev–Trinajstić information content (AvgIpc) is 2.54. The molecule has 0 spiro atoms. The first-order valence-electron chi connectivity index (χ1n) is 7.16. The predicted molar refractivity (Wildman–Crippen MR) is 87.9 cm³/mol. The zero-order valence-electron chi connectivity index (χ0n) is 12.4. The smallest absolute Gasteiger partial charge is 0.262 e. The fraction of sp³-hybridized carbons (Fsp3) is 0.176. The van der Waals surface area contributed by atoms with Crippen LogP contribution in [0.1, 0.15) is 28.9 Å². The van der Waals surface area contributed by atoms with Crippen molar-refractivity contribution in [3.05, 3.63) is 58.6 Å². The molecule has 0 saturated carbocycles. The summed E-state index contributed by atoms with van der Waals surface area (Å²) in [6, 6.07) is 12.1. The molecule has 0 aromatic heterocycles. The molecule has 5 nitrogen and oxygen atoms in total. The number of carbonyl (C=O) groups excluding carboxylic acids is 2. The molecule has 0 radical (unpaired) electrons. The topological polar surface area (TPSA) is 67.4 Å². The van der Waals surface area contributed by atoms with E-state index in [0.29, 0.717) is 22.0 Å². The number of halogens is 1. The van der Waals surface area contributed by atoms with Gasteiger partial charge < -0.3 is 15.4 Å². The van der Waals surface area contributed by atoms with E-state index in [2.05, 4.69) is 10.6 Å². The van der Waals surface area contributed by atoms with E-state index in [0.717, 1.165) is 5.56 Å². The molecular formula is C17H15ClN2O3. The lowest BCUT2D eigenvalue weighted by atomic mass is 10.1. The SMILES string of the molecule is CC(NC(=O)c1ccc2c(c1)OCC(=O)N2)c1ccccc1Cl. The Morgan fingerprint density at radius 1 is 1.30 bits per heavy atom. The highest BCUT2D eigenvalue weighted by molar-refractivity contribution is 6.31. The highest BCUT2D eigenvalue weighted by Crippen LogP contribution is 2.29. The summed E-state index contributed by atoms with van der Waals surface area (Å²) in [6.07, 6.45) is 0. The van der Waals surface area contributed by atoms with Crippen molar-refractivity contribution in [1.82, 2.24) is 5.32 Å². The van der Waals surface area contributed by atoms with Gasteiger partial charge in [-0.2, -0.15) is 0 Å². The molecule has 23 heavy (non-hydrogen) atoms. The monoisotopic (exact) mass is 330 g/mol. The molecule has 0 bridgehead atoms. The van der Waals surface area contributed by atoms with Gasteiger partial charge in [0.15, 0.2) is 6.61 Å². The third-order valence-corrected chi connectivity index (χ3v) is 3.94. The summed E-state index contributed by atoms with van der Waals surface area (Å²) in [4.78, 5) is 23.6. The first kappa shape index (κ1) is 15.4. The summed E-state index contributed by atoms with van der Waals surface area (Å²) in [5.41, 5.74) is 1.87. The third-order valence-electron chi connectivity index (χ3n) is 3.60. The van der Waals surface area contributed by atoms with Crippen molar-refractivity contribution >= 4 is 29.1 Å². The number of ether oxygens (including phenoxy) is 1. The van der Waals surface area contributed by atoms with Gasteiger partial charge in [0.05, 0.1) is 11.7 Å². The minimum absolute atomic E-state index is 0.0475. The van der Waals surface area contributed by atoms with E-state index in [1.807, 2.05) is 25.1 Å². The number of nitrogens with one attached hydrogen (secondary N) is 2. The van der Waals surface area contributed by atoms with Crippen LogP contribution in [0.5, 0.6) is 5.75 Å². The van der Waals surface area contributed by atoms with Crippen molar-refractivity contribution in [3.63, 3.8) is 0 Å². The molecule has 1 unspecified atom stereocenters. The largest absolute Gasteiger partial charge is 0.482 e. The molecule has 6 heteroatoms. The molecule has 2 N–H and O–H groups in total. The van der Waals surface area contributed by atoms with Gasteiger partial charge in [0.2, 0.25) is 0 Å². The van der Waals surface area contributed by atoms with Crippen LogP contribution in [0.15, 0.2) is 42.5 Å². The van der Waals surface area contributed by atoms with E-state index in [9.17, 15) is 9.59 Å².